The summed E-state index contributed by atoms with van der Waals surface area (Å²) in [4.78, 5) is 32.9. The number of hydrogen-bond donors (Lipinski definition) is 0. The maximum absolute atomic E-state index is 15.3. The molecule has 0 spiro atoms. The molecule has 5 rings (SSSR count). The van der Waals surface area contributed by atoms with Gasteiger partial charge in [0.2, 0.25) is 5.43 Å². The van der Waals surface area contributed by atoms with Gasteiger partial charge in [-0.1, -0.05) is 13.8 Å². The fraction of sp³-hybridized carbons (Fsp3) is 0.600. The summed E-state index contributed by atoms with van der Waals surface area (Å²) in [5, 5.41) is 0.321. The molecule has 3 aliphatic rings. The van der Waals surface area contributed by atoms with Crippen LogP contribution >= 0.6 is 0 Å². The van der Waals surface area contributed by atoms with Crippen LogP contribution in [0.4, 0.5) is 10.1 Å². The minimum Gasteiger partial charge on any atom is -0.367 e. The maximum atomic E-state index is 15.3. The van der Waals surface area contributed by atoms with Crippen molar-refractivity contribution in [3.8, 4) is 0 Å². The lowest BCUT2D eigenvalue weighted by Gasteiger charge is -2.35. The predicted molar refractivity (Wildman–Crippen MR) is 125 cm³/mol. The number of aromatic nitrogens is 1. The molecule has 1 amide bonds. The second-order valence-electron chi connectivity index (χ2n) is 9.75. The zero-order valence-corrected chi connectivity index (χ0v) is 19.1. The minimum atomic E-state index is -0.377. The van der Waals surface area contributed by atoms with Crippen molar-refractivity contribution >= 4 is 22.5 Å². The van der Waals surface area contributed by atoms with E-state index < -0.39 is 0 Å². The molecule has 1 saturated carbocycles. The Balaban J connectivity index is 1.55. The largest absolute Gasteiger partial charge is 0.367 e. The van der Waals surface area contributed by atoms with E-state index >= 15 is 4.39 Å². The summed E-state index contributed by atoms with van der Waals surface area (Å²) in [6, 6.07) is 3.48. The van der Waals surface area contributed by atoms with E-state index in [9.17, 15) is 9.59 Å². The average molecular weight is 441 g/mol. The van der Waals surface area contributed by atoms with Gasteiger partial charge in [0.05, 0.1) is 11.2 Å². The fourth-order valence-corrected chi connectivity index (χ4v) is 5.26. The van der Waals surface area contributed by atoms with E-state index in [1.165, 1.54) is 6.07 Å². The monoisotopic (exact) mass is 440 g/mol. The molecule has 3 fully saturated rings. The summed E-state index contributed by atoms with van der Waals surface area (Å²) in [6.45, 7) is 10.0. The third-order valence-electron chi connectivity index (χ3n) is 7.38. The first kappa shape index (κ1) is 21.4. The second kappa shape index (κ2) is 8.50. The first-order valence-corrected chi connectivity index (χ1v) is 12.1. The fourth-order valence-electron chi connectivity index (χ4n) is 5.26. The number of benzene rings is 1. The number of carbonyl (C=O) groups is 1. The average Bonchev–Trinajstić information content (AvgIpc) is 3.64. The van der Waals surface area contributed by atoms with Crippen LogP contribution in [-0.4, -0.2) is 66.1 Å². The minimum absolute atomic E-state index is 0.183. The molecule has 0 N–H and O–H groups in total. The molecule has 2 saturated heterocycles. The van der Waals surface area contributed by atoms with Gasteiger partial charge in [0.25, 0.3) is 5.91 Å². The van der Waals surface area contributed by atoms with Crippen LogP contribution in [-0.2, 0) is 0 Å². The number of carbonyl (C=O) groups excluding carboxylic acids is 1. The standard InChI is InChI=1S/C25H33FN4O2/c1-3-27-9-11-28(12-10-27)23-14-22-19(13-21(23)26)24(31)20(16-30(22)18-6-7-18)25(32)29-8-4-5-17(2)15-29/h13-14,16-18H,3-12,15H2,1-2H3. The van der Waals surface area contributed by atoms with Crippen molar-refractivity contribution in [3.63, 3.8) is 0 Å². The predicted octanol–water partition coefficient (Wildman–Crippen LogP) is 3.49. The van der Waals surface area contributed by atoms with Crippen LogP contribution in [0.25, 0.3) is 10.9 Å². The molecule has 3 heterocycles. The summed E-state index contributed by atoms with van der Waals surface area (Å²) in [6.07, 6.45) is 5.86. The highest BCUT2D eigenvalue weighted by Crippen LogP contribution is 2.38. The molecule has 0 radical (unpaired) electrons. The lowest BCUT2D eigenvalue weighted by Crippen LogP contribution is -2.46. The van der Waals surface area contributed by atoms with Crippen molar-refractivity contribution in [3.05, 3.63) is 39.9 Å². The Morgan fingerprint density at radius 3 is 2.50 bits per heavy atom. The van der Waals surface area contributed by atoms with Gasteiger partial charge in [-0.15, -0.1) is 0 Å². The molecule has 2 aromatic rings. The molecule has 1 aromatic carbocycles. The maximum Gasteiger partial charge on any atom is 0.259 e. The Morgan fingerprint density at radius 2 is 1.84 bits per heavy atom. The highest BCUT2D eigenvalue weighted by Gasteiger charge is 2.30. The number of piperazine rings is 1. The number of amides is 1. The number of fused-ring (bicyclic) bond motifs is 1. The normalized spacial score (nSPS) is 22.5. The van der Waals surface area contributed by atoms with Gasteiger partial charge in [0.15, 0.2) is 0 Å². The molecule has 32 heavy (non-hydrogen) atoms. The lowest BCUT2D eigenvalue weighted by molar-refractivity contribution is 0.0681. The van der Waals surface area contributed by atoms with Crippen molar-refractivity contribution in [2.24, 2.45) is 5.92 Å². The molecule has 1 atom stereocenters. The number of anilines is 1. The summed E-state index contributed by atoms with van der Waals surface area (Å²) in [5.74, 6) is -0.150. The first-order chi connectivity index (χ1) is 15.5. The van der Waals surface area contributed by atoms with Gasteiger partial charge in [-0.3, -0.25) is 9.59 Å². The van der Waals surface area contributed by atoms with Crippen LogP contribution in [0.2, 0.25) is 0 Å². The Labute approximate surface area is 188 Å². The topological polar surface area (TPSA) is 48.8 Å². The van der Waals surface area contributed by atoms with Crippen LogP contribution in [0.15, 0.2) is 23.1 Å². The SMILES string of the molecule is CCN1CCN(c2cc3c(cc2F)c(=O)c(C(=O)N2CCCC(C)C2)cn3C2CC2)CC1. The number of piperidine rings is 1. The van der Waals surface area contributed by atoms with Gasteiger partial charge in [0.1, 0.15) is 11.4 Å². The summed E-state index contributed by atoms with van der Waals surface area (Å²) >= 11 is 0. The van der Waals surface area contributed by atoms with Crippen LogP contribution in [0.3, 0.4) is 0 Å². The van der Waals surface area contributed by atoms with Crippen molar-refractivity contribution in [2.45, 2.75) is 45.6 Å². The number of likely N-dealkylation sites (tertiary alicyclic amines) is 1. The number of rotatable bonds is 4. The van der Waals surface area contributed by atoms with Crippen LogP contribution in [0.5, 0.6) is 0 Å². The summed E-state index contributed by atoms with van der Waals surface area (Å²) < 4.78 is 17.3. The van der Waals surface area contributed by atoms with E-state index in [0.29, 0.717) is 30.1 Å². The number of likely N-dealkylation sites (N-methyl/N-ethyl adjacent to an activating group) is 1. The Kier molecular flexibility index (Phi) is 5.70. The molecule has 1 aliphatic carbocycles. The molecule has 7 heteroatoms. The molecule has 1 aromatic heterocycles. The number of hydrogen-bond acceptors (Lipinski definition) is 4. The zero-order valence-electron chi connectivity index (χ0n) is 19.1. The smallest absolute Gasteiger partial charge is 0.259 e. The van der Waals surface area contributed by atoms with Crippen LogP contribution in [0, 0.1) is 11.7 Å². The van der Waals surface area contributed by atoms with Crippen LogP contribution < -0.4 is 10.3 Å². The van der Waals surface area contributed by atoms with E-state index in [-0.39, 0.29) is 28.8 Å². The number of halogens is 1. The van der Waals surface area contributed by atoms with Gasteiger partial charge in [0, 0.05) is 56.9 Å². The molecular formula is C25H33FN4O2. The van der Waals surface area contributed by atoms with E-state index in [2.05, 4.69) is 28.2 Å². The van der Waals surface area contributed by atoms with Crippen molar-refractivity contribution in [1.82, 2.24) is 14.4 Å². The highest BCUT2D eigenvalue weighted by atomic mass is 19.1. The van der Waals surface area contributed by atoms with Crippen LogP contribution in [0.1, 0.15) is 55.9 Å². The van der Waals surface area contributed by atoms with E-state index in [0.717, 1.165) is 63.9 Å². The summed E-state index contributed by atoms with van der Waals surface area (Å²) in [7, 11) is 0. The lowest BCUT2D eigenvalue weighted by atomic mass is 9.99. The quantitative estimate of drug-likeness (QED) is 0.730. The molecule has 0 bridgehead atoms. The first-order valence-electron chi connectivity index (χ1n) is 12.1. The Hall–Kier alpha value is -2.41. The van der Waals surface area contributed by atoms with Crippen molar-refractivity contribution in [2.75, 3.05) is 50.7 Å². The number of nitrogens with zero attached hydrogens (tertiary/aromatic N) is 4. The van der Waals surface area contributed by atoms with Gasteiger partial charge in [-0.25, -0.2) is 4.39 Å². The second-order valence-corrected chi connectivity index (χ2v) is 9.75. The number of pyridine rings is 1. The third-order valence-corrected chi connectivity index (χ3v) is 7.38. The molecule has 1 unspecified atom stereocenters. The molecular weight excluding hydrogens is 407 g/mol. The van der Waals surface area contributed by atoms with Gasteiger partial charge in [-0.05, 0) is 50.3 Å². The molecule has 6 nitrogen and oxygen atoms in total. The van der Waals surface area contributed by atoms with E-state index in [4.69, 9.17) is 0 Å². The zero-order chi connectivity index (χ0) is 22.4. The van der Waals surface area contributed by atoms with Crippen molar-refractivity contribution < 1.29 is 9.18 Å². The third kappa shape index (κ3) is 3.91. The van der Waals surface area contributed by atoms with E-state index in [1.807, 2.05) is 6.07 Å². The van der Waals surface area contributed by atoms with Gasteiger partial charge >= 0.3 is 0 Å². The highest BCUT2D eigenvalue weighted by molar-refractivity contribution is 5.98. The van der Waals surface area contributed by atoms with Gasteiger partial charge in [-0.2, -0.15) is 0 Å². The Bertz CT molecular complexity index is 1090. The molecule has 172 valence electrons. The molecule has 2 aliphatic heterocycles. The van der Waals surface area contributed by atoms with Crippen molar-refractivity contribution in [1.29, 1.82) is 0 Å². The van der Waals surface area contributed by atoms with Gasteiger partial charge < -0.3 is 19.3 Å². The Morgan fingerprint density at radius 1 is 1.09 bits per heavy atom. The summed E-state index contributed by atoms with van der Waals surface area (Å²) in [5.41, 5.74) is 1.14. The van der Waals surface area contributed by atoms with E-state index in [1.54, 1.807) is 11.1 Å².